The van der Waals surface area contributed by atoms with Crippen LogP contribution in [0.1, 0.15) is 26.7 Å². The minimum atomic E-state index is -1.37. The van der Waals surface area contributed by atoms with Gasteiger partial charge in [-0.15, -0.1) is 0 Å². The number of likely N-dealkylation sites (tertiary alicyclic amines) is 1. The number of nitrogens with zero attached hydrogens (tertiary/aromatic N) is 2. The summed E-state index contributed by atoms with van der Waals surface area (Å²) >= 11 is 6.07. The van der Waals surface area contributed by atoms with Crippen molar-refractivity contribution in [2.24, 2.45) is 17.8 Å². The zero-order chi connectivity index (χ0) is 25.6. The number of hydrogen-bond acceptors (Lipinski definition) is 6. The summed E-state index contributed by atoms with van der Waals surface area (Å²) in [5.74, 6) is -3.16. The molecule has 1 N–H and O–H groups in total. The van der Waals surface area contributed by atoms with Crippen LogP contribution < -0.4 is 4.90 Å². The molecular weight excluding hydrogens is 484 g/mol. The van der Waals surface area contributed by atoms with Gasteiger partial charge in [-0.2, -0.15) is 0 Å². The van der Waals surface area contributed by atoms with E-state index in [0.29, 0.717) is 17.1 Å². The van der Waals surface area contributed by atoms with Crippen molar-refractivity contribution < 1.29 is 29.0 Å². The maximum absolute atomic E-state index is 14.3. The van der Waals surface area contributed by atoms with Crippen molar-refractivity contribution in [2.45, 2.75) is 50.5 Å². The van der Waals surface area contributed by atoms with E-state index in [2.05, 4.69) is 0 Å². The molecule has 2 amide bonds. The molecule has 1 aromatic carbocycles. The molecule has 0 aromatic heterocycles. The Labute approximate surface area is 215 Å². The van der Waals surface area contributed by atoms with E-state index in [0.717, 1.165) is 6.42 Å². The van der Waals surface area contributed by atoms with Gasteiger partial charge in [0.05, 0.1) is 31.3 Å². The zero-order valence-electron chi connectivity index (χ0n) is 20.4. The second-order valence-electron chi connectivity index (χ2n) is 10.1. The summed E-state index contributed by atoms with van der Waals surface area (Å²) in [5, 5.41) is 10.8. The highest BCUT2D eigenvalue weighted by Gasteiger charge is 2.72. The van der Waals surface area contributed by atoms with Crippen LogP contribution in [0.4, 0.5) is 5.69 Å². The van der Waals surface area contributed by atoms with Crippen molar-refractivity contribution in [2.75, 3.05) is 24.7 Å². The van der Waals surface area contributed by atoms with Crippen molar-refractivity contribution in [1.29, 1.82) is 0 Å². The van der Waals surface area contributed by atoms with Gasteiger partial charge in [-0.1, -0.05) is 49.8 Å². The van der Waals surface area contributed by atoms with Crippen LogP contribution in [-0.4, -0.2) is 71.3 Å². The van der Waals surface area contributed by atoms with E-state index in [-0.39, 0.29) is 37.5 Å². The zero-order valence-corrected chi connectivity index (χ0v) is 21.1. The molecule has 4 aliphatic heterocycles. The molecule has 1 aromatic rings. The number of benzene rings is 1. The fraction of sp³-hybridized carbons (Fsp3) is 0.519. The first-order valence-corrected chi connectivity index (χ1v) is 12.9. The monoisotopic (exact) mass is 514 g/mol. The third kappa shape index (κ3) is 3.86. The molecule has 8 nitrogen and oxygen atoms in total. The molecule has 1 unspecified atom stereocenters. The lowest BCUT2D eigenvalue weighted by atomic mass is 9.78. The molecule has 0 aliphatic carbocycles. The molecule has 2 fully saturated rings. The second-order valence-corrected chi connectivity index (χ2v) is 10.6. The lowest BCUT2D eigenvalue weighted by Gasteiger charge is -2.39. The van der Waals surface area contributed by atoms with E-state index < -0.39 is 41.6 Å². The molecule has 2 saturated heterocycles. The van der Waals surface area contributed by atoms with Crippen molar-refractivity contribution in [3.8, 4) is 0 Å². The van der Waals surface area contributed by atoms with E-state index >= 15 is 0 Å². The molecule has 9 heteroatoms. The summed E-state index contributed by atoms with van der Waals surface area (Å²) in [6, 6.07) is 5.24. The van der Waals surface area contributed by atoms with Crippen molar-refractivity contribution in [1.82, 2.24) is 4.90 Å². The van der Waals surface area contributed by atoms with E-state index in [9.17, 15) is 19.5 Å². The Morgan fingerprint density at radius 3 is 2.58 bits per heavy atom. The number of carbonyl (C=O) groups is 3. The molecule has 36 heavy (non-hydrogen) atoms. The molecule has 192 valence electrons. The van der Waals surface area contributed by atoms with Crippen LogP contribution in [0.25, 0.3) is 0 Å². The van der Waals surface area contributed by atoms with Gasteiger partial charge in [-0.3, -0.25) is 14.4 Å². The number of cyclic esters (lactones) is 1. The van der Waals surface area contributed by atoms with Crippen LogP contribution in [0.5, 0.6) is 0 Å². The molecule has 0 saturated carbocycles. The third-order valence-electron chi connectivity index (χ3n) is 7.74. The van der Waals surface area contributed by atoms with E-state index in [4.69, 9.17) is 21.1 Å². The summed E-state index contributed by atoms with van der Waals surface area (Å²) in [5.41, 5.74) is -0.734. The smallest absolute Gasteiger partial charge is 0.312 e. The normalized spacial score (nSPS) is 33.8. The largest absolute Gasteiger partial charge is 0.465 e. The van der Waals surface area contributed by atoms with Crippen LogP contribution in [0.2, 0.25) is 5.02 Å². The number of hydrogen-bond donors (Lipinski definition) is 1. The van der Waals surface area contributed by atoms with E-state index in [1.807, 2.05) is 32.1 Å². The highest BCUT2D eigenvalue weighted by atomic mass is 35.5. The average Bonchev–Trinajstić information content (AvgIpc) is 3.25. The summed E-state index contributed by atoms with van der Waals surface area (Å²) in [7, 11) is 0. The fourth-order valence-corrected chi connectivity index (χ4v) is 6.15. The Morgan fingerprint density at radius 2 is 1.89 bits per heavy atom. The molecule has 0 bridgehead atoms. The van der Waals surface area contributed by atoms with Crippen LogP contribution in [0, 0.1) is 17.8 Å². The number of aliphatic hydroxyl groups excluding tert-OH is 1. The van der Waals surface area contributed by atoms with Crippen molar-refractivity contribution >= 4 is 35.1 Å². The minimum Gasteiger partial charge on any atom is -0.465 e. The van der Waals surface area contributed by atoms with Gasteiger partial charge in [0.2, 0.25) is 5.91 Å². The fourth-order valence-electron chi connectivity index (χ4n) is 6.02. The highest BCUT2D eigenvalue weighted by Crippen LogP contribution is 2.54. The number of esters is 1. The van der Waals surface area contributed by atoms with E-state index in [1.54, 1.807) is 35.2 Å². The molecule has 1 spiro atoms. The molecular formula is C27H31ClN2O6. The first kappa shape index (κ1) is 25.0. The Hall–Kier alpha value is -2.68. The molecule has 4 aliphatic rings. The summed E-state index contributed by atoms with van der Waals surface area (Å²) < 4.78 is 12.1. The number of carbonyl (C=O) groups excluding carboxylic acids is 3. The Balaban J connectivity index is 1.65. The summed E-state index contributed by atoms with van der Waals surface area (Å²) in [6.07, 6.45) is 8.09. The maximum atomic E-state index is 14.3. The van der Waals surface area contributed by atoms with Crippen molar-refractivity contribution in [3.05, 3.63) is 53.6 Å². The van der Waals surface area contributed by atoms with E-state index in [1.165, 1.54) is 4.90 Å². The van der Waals surface area contributed by atoms with Crippen LogP contribution in [0.15, 0.2) is 48.6 Å². The molecule has 6 atom stereocenters. The molecule has 4 heterocycles. The van der Waals surface area contributed by atoms with Gasteiger partial charge in [-0.05, 0) is 43.0 Å². The average molecular weight is 515 g/mol. The summed E-state index contributed by atoms with van der Waals surface area (Å²) in [4.78, 5) is 44.7. The van der Waals surface area contributed by atoms with Crippen molar-refractivity contribution in [3.63, 3.8) is 0 Å². The lowest BCUT2D eigenvalue weighted by molar-refractivity contribution is -0.155. The number of allylic oxidation sites excluding steroid dienone is 1. The van der Waals surface area contributed by atoms with Gasteiger partial charge in [0.15, 0.2) is 0 Å². The Morgan fingerprint density at radius 1 is 1.14 bits per heavy atom. The number of anilines is 1. The quantitative estimate of drug-likeness (QED) is 0.490. The summed E-state index contributed by atoms with van der Waals surface area (Å²) in [6.45, 7) is 3.99. The Bertz CT molecular complexity index is 1100. The number of halogens is 1. The van der Waals surface area contributed by atoms with Gasteiger partial charge in [-0.25, -0.2) is 0 Å². The minimum absolute atomic E-state index is 0.137. The first-order chi connectivity index (χ1) is 17.3. The topological polar surface area (TPSA) is 96.4 Å². The predicted octanol–water partition coefficient (Wildman–Crippen LogP) is 2.73. The maximum Gasteiger partial charge on any atom is 0.312 e. The third-order valence-corrected chi connectivity index (χ3v) is 7.99. The predicted molar refractivity (Wildman–Crippen MR) is 133 cm³/mol. The van der Waals surface area contributed by atoms with Crippen LogP contribution in [0.3, 0.4) is 0 Å². The van der Waals surface area contributed by atoms with Crippen LogP contribution in [-0.2, 0) is 23.9 Å². The number of aliphatic hydroxyl groups is 1. The van der Waals surface area contributed by atoms with Gasteiger partial charge in [0.25, 0.3) is 5.91 Å². The van der Waals surface area contributed by atoms with Gasteiger partial charge >= 0.3 is 5.97 Å². The number of ether oxygens (including phenoxy) is 2. The molecule has 5 rings (SSSR count). The van der Waals surface area contributed by atoms with Crippen LogP contribution >= 0.6 is 11.6 Å². The lowest BCUT2D eigenvalue weighted by Crippen LogP contribution is -2.59. The van der Waals surface area contributed by atoms with Gasteiger partial charge in [0.1, 0.15) is 17.6 Å². The number of rotatable bonds is 4. The second kappa shape index (κ2) is 9.65. The highest BCUT2D eigenvalue weighted by molar-refractivity contribution is 6.30. The first-order valence-electron chi connectivity index (χ1n) is 12.5. The number of fused-ring (bicyclic) bond motifs is 2. The van der Waals surface area contributed by atoms with Gasteiger partial charge < -0.3 is 24.4 Å². The van der Waals surface area contributed by atoms with Gasteiger partial charge in [0, 0.05) is 17.3 Å². The Kier molecular flexibility index (Phi) is 6.70. The SMILES string of the molecule is CC(C)[C@H](CO)N1C(=O)[C@@H]2[C@H]3C(=O)OCCC/C=C\[C@H]3O[C@@]23C=CCN(c2ccc(Cl)cc2)C(=O)C13. The standard InChI is InChI=1S/C27H31ClN2O6/c1-16(2)19(15-31)30-23-25(33)29(18-10-8-17(28)9-11-18)13-6-12-27(23)22(24(30)32)21-20(36-27)7-4-3-5-14-35-26(21)34/h4,6-12,16,19-23,31H,3,5,13-15H2,1-2H3/b7-4-/t19-,20+,21-,22-,23?,27-/m0/s1. The number of amides is 2. The molecule has 0 radical (unpaired) electrons.